The van der Waals surface area contributed by atoms with E-state index in [1.165, 1.54) is 6.92 Å². The predicted octanol–water partition coefficient (Wildman–Crippen LogP) is 1.28. The van der Waals surface area contributed by atoms with Gasteiger partial charge in [0.2, 0.25) is 0 Å². The lowest BCUT2D eigenvalue weighted by atomic mass is 9.98. The van der Waals surface area contributed by atoms with E-state index in [1.54, 1.807) is 0 Å². The van der Waals surface area contributed by atoms with Crippen molar-refractivity contribution in [2.45, 2.75) is 32.0 Å². The van der Waals surface area contributed by atoms with Gasteiger partial charge in [0.25, 0.3) is 5.78 Å². The van der Waals surface area contributed by atoms with Crippen molar-refractivity contribution in [3.63, 3.8) is 0 Å². The number of hydrogen-bond acceptors (Lipinski definition) is 2. The summed E-state index contributed by atoms with van der Waals surface area (Å²) in [5, 5.41) is 8.86. The van der Waals surface area contributed by atoms with E-state index in [9.17, 15) is 18.0 Å². The largest absolute Gasteiger partial charge is 0.453 e. The summed E-state index contributed by atoms with van der Waals surface area (Å²) < 4.78 is 34.9. The third kappa shape index (κ3) is 2.49. The van der Waals surface area contributed by atoms with E-state index in [0.717, 1.165) is 6.92 Å². The van der Waals surface area contributed by atoms with E-state index in [4.69, 9.17) is 5.11 Å². The predicted molar refractivity (Wildman–Crippen MR) is 32.0 cm³/mol. The van der Waals surface area contributed by atoms with Crippen molar-refractivity contribution in [1.29, 1.82) is 0 Å². The molecular formula is C6H9F3O2. The van der Waals surface area contributed by atoms with Gasteiger partial charge in [0.15, 0.2) is 0 Å². The number of Topliss-reactive ketones (excluding diaryl/α,β-unsaturated/α-hetero) is 1. The van der Waals surface area contributed by atoms with Crippen molar-refractivity contribution in [3.8, 4) is 0 Å². The lowest BCUT2D eigenvalue weighted by Crippen LogP contribution is -2.43. The maximum atomic E-state index is 11.6. The Morgan fingerprint density at radius 1 is 1.45 bits per heavy atom. The Morgan fingerprint density at radius 3 is 1.91 bits per heavy atom. The zero-order valence-electron chi connectivity index (χ0n) is 6.20. The Labute approximate surface area is 62.0 Å². The summed E-state index contributed by atoms with van der Waals surface area (Å²) in [6, 6.07) is 0. The van der Waals surface area contributed by atoms with Crippen molar-refractivity contribution in [2.75, 3.05) is 0 Å². The molecule has 0 aromatic heterocycles. The number of halogens is 3. The molecule has 0 rings (SSSR count). The van der Waals surface area contributed by atoms with Gasteiger partial charge in [-0.05, 0) is 13.3 Å². The highest BCUT2D eigenvalue weighted by Crippen LogP contribution is 2.24. The van der Waals surface area contributed by atoms with E-state index < -0.39 is 17.6 Å². The lowest BCUT2D eigenvalue weighted by Gasteiger charge is -2.20. The summed E-state index contributed by atoms with van der Waals surface area (Å²) in [5.41, 5.74) is -2.28. The van der Waals surface area contributed by atoms with Gasteiger partial charge >= 0.3 is 6.18 Å². The molecule has 0 aliphatic heterocycles. The number of rotatable bonds is 2. The number of ketones is 1. The molecule has 1 atom stereocenters. The molecule has 1 unspecified atom stereocenters. The number of hydrogen-bond donors (Lipinski definition) is 1. The summed E-state index contributed by atoms with van der Waals surface area (Å²) in [5.74, 6) is -2.09. The zero-order valence-corrected chi connectivity index (χ0v) is 6.20. The maximum absolute atomic E-state index is 11.6. The Kier molecular flexibility index (Phi) is 2.66. The molecule has 0 fully saturated rings. The first-order chi connectivity index (χ1) is 4.72. The third-order valence-corrected chi connectivity index (χ3v) is 1.44. The second-order valence-corrected chi connectivity index (χ2v) is 2.45. The topological polar surface area (TPSA) is 37.3 Å². The Bertz CT molecular complexity index is 160. The van der Waals surface area contributed by atoms with Crippen LogP contribution in [0.1, 0.15) is 20.3 Å². The summed E-state index contributed by atoms with van der Waals surface area (Å²) >= 11 is 0. The van der Waals surface area contributed by atoms with Gasteiger partial charge < -0.3 is 5.11 Å². The maximum Gasteiger partial charge on any atom is 0.453 e. The fraction of sp³-hybridized carbons (Fsp3) is 0.833. The number of carbonyl (C=O) groups excluding carboxylic acids is 1. The SMILES string of the molecule is CCC(C)(O)C(=O)C(F)(F)F. The normalized spacial score (nSPS) is 17.6. The van der Waals surface area contributed by atoms with Crippen LogP contribution in [-0.2, 0) is 4.79 Å². The molecular weight excluding hydrogens is 161 g/mol. The minimum absolute atomic E-state index is 0.245. The Balaban J connectivity index is 4.50. The Morgan fingerprint density at radius 2 is 1.82 bits per heavy atom. The van der Waals surface area contributed by atoms with Crippen molar-refractivity contribution in [1.82, 2.24) is 0 Å². The molecule has 66 valence electrons. The van der Waals surface area contributed by atoms with Crippen LogP contribution in [0.2, 0.25) is 0 Å². The van der Waals surface area contributed by atoms with Crippen LogP contribution < -0.4 is 0 Å². The average molecular weight is 170 g/mol. The van der Waals surface area contributed by atoms with Crippen LogP contribution in [0.3, 0.4) is 0 Å². The second-order valence-electron chi connectivity index (χ2n) is 2.45. The van der Waals surface area contributed by atoms with Crippen LogP contribution in [-0.4, -0.2) is 22.7 Å². The molecule has 0 amide bonds. The highest BCUT2D eigenvalue weighted by molar-refractivity contribution is 5.91. The number of carbonyl (C=O) groups is 1. The standard InChI is InChI=1S/C6H9F3O2/c1-3-5(2,11)4(10)6(7,8)9/h11H,3H2,1-2H3. The van der Waals surface area contributed by atoms with Gasteiger partial charge in [-0.25, -0.2) is 0 Å². The lowest BCUT2D eigenvalue weighted by molar-refractivity contribution is -0.188. The molecule has 0 bridgehead atoms. The average Bonchev–Trinajstić information content (AvgIpc) is 1.84. The van der Waals surface area contributed by atoms with Gasteiger partial charge in [-0.3, -0.25) is 4.79 Å². The first-order valence-corrected chi connectivity index (χ1v) is 3.06. The van der Waals surface area contributed by atoms with Crippen molar-refractivity contribution in [3.05, 3.63) is 0 Å². The smallest absolute Gasteiger partial charge is 0.382 e. The van der Waals surface area contributed by atoms with Gasteiger partial charge in [0.1, 0.15) is 5.60 Å². The zero-order chi connectivity index (χ0) is 9.28. The van der Waals surface area contributed by atoms with Crippen molar-refractivity contribution >= 4 is 5.78 Å². The van der Waals surface area contributed by atoms with Crippen LogP contribution >= 0.6 is 0 Å². The molecule has 2 nitrogen and oxygen atoms in total. The van der Waals surface area contributed by atoms with Gasteiger partial charge in [-0.2, -0.15) is 13.2 Å². The third-order valence-electron chi connectivity index (χ3n) is 1.44. The van der Waals surface area contributed by atoms with E-state index in [0.29, 0.717) is 0 Å². The number of aliphatic hydroxyl groups is 1. The monoisotopic (exact) mass is 170 g/mol. The number of alkyl halides is 3. The molecule has 11 heavy (non-hydrogen) atoms. The van der Waals surface area contributed by atoms with Crippen LogP contribution in [0.5, 0.6) is 0 Å². The summed E-state index contributed by atoms with van der Waals surface area (Å²) in [6.07, 6.45) is -5.19. The second kappa shape index (κ2) is 2.81. The molecule has 0 aliphatic rings. The first-order valence-electron chi connectivity index (χ1n) is 3.06. The molecule has 0 radical (unpaired) electrons. The molecule has 0 saturated carbocycles. The minimum atomic E-state index is -4.94. The summed E-state index contributed by atoms with van der Waals surface area (Å²) in [6.45, 7) is 2.16. The molecule has 0 spiro atoms. The quantitative estimate of drug-likeness (QED) is 0.677. The van der Waals surface area contributed by atoms with E-state index >= 15 is 0 Å². The van der Waals surface area contributed by atoms with Gasteiger partial charge in [0.05, 0.1) is 0 Å². The molecule has 0 aromatic carbocycles. The fourth-order valence-corrected chi connectivity index (χ4v) is 0.466. The van der Waals surface area contributed by atoms with Crippen molar-refractivity contribution < 1.29 is 23.1 Å². The van der Waals surface area contributed by atoms with Crippen LogP contribution in [0.4, 0.5) is 13.2 Å². The highest BCUT2D eigenvalue weighted by atomic mass is 19.4. The highest BCUT2D eigenvalue weighted by Gasteiger charge is 2.48. The molecule has 5 heteroatoms. The van der Waals surface area contributed by atoms with E-state index in [2.05, 4.69) is 0 Å². The summed E-state index contributed by atoms with van der Waals surface area (Å²) in [4.78, 5) is 10.3. The van der Waals surface area contributed by atoms with E-state index in [1.807, 2.05) is 0 Å². The van der Waals surface area contributed by atoms with Crippen LogP contribution in [0, 0.1) is 0 Å². The molecule has 0 aliphatic carbocycles. The Hall–Kier alpha value is -0.580. The summed E-state index contributed by atoms with van der Waals surface area (Å²) in [7, 11) is 0. The van der Waals surface area contributed by atoms with Gasteiger partial charge in [0, 0.05) is 0 Å². The molecule has 0 saturated heterocycles. The minimum Gasteiger partial charge on any atom is -0.382 e. The van der Waals surface area contributed by atoms with Gasteiger partial charge in [-0.15, -0.1) is 0 Å². The molecule has 0 aromatic rings. The van der Waals surface area contributed by atoms with Gasteiger partial charge in [-0.1, -0.05) is 6.92 Å². The van der Waals surface area contributed by atoms with E-state index in [-0.39, 0.29) is 6.42 Å². The molecule has 0 heterocycles. The van der Waals surface area contributed by atoms with Crippen molar-refractivity contribution in [2.24, 2.45) is 0 Å². The molecule has 1 N–H and O–H groups in total. The first kappa shape index (κ1) is 10.4. The fourth-order valence-electron chi connectivity index (χ4n) is 0.466. The van der Waals surface area contributed by atoms with Crippen LogP contribution in [0.25, 0.3) is 0 Å². The van der Waals surface area contributed by atoms with Crippen LogP contribution in [0.15, 0.2) is 0 Å².